The van der Waals surface area contributed by atoms with Crippen LogP contribution in [0.1, 0.15) is 19.8 Å². The van der Waals surface area contributed by atoms with Crippen molar-refractivity contribution < 1.29 is 17.5 Å². The molecule has 1 aromatic rings. The quantitative estimate of drug-likeness (QED) is 0.804. The maximum atomic E-state index is 13.6. The third kappa shape index (κ3) is 2.98. The maximum absolute atomic E-state index is 13.6. The molecule has 0 unspecified atom stereocenters. The fraction of sp³-hybridized carbons (Fsp3) is 0.500. The smallest absolute Gasteiger partial charge is 0.240 e. The molecule has 0 spiro atoms. The standard InChI is InChI=1S/C12H17FN2O3S/c1-12(3-4-12)7-15-19(16,17)8-5-9(13)11(18-2)10(14)6-8/h5-6,15H,3-4,7,14H2,1-2H3. The predicted molar refractivity (Wildman–Crippen MR) is 69.9 cm³/mol. The normalized spacial score (nSPS) is 17.2. The van der Waals surface area contributed by atoms with Gasteiger partial charge in [-0.1, -0.05) is 6.92 Å². The lowest BCUT2D eigenvalue weighted by molar-refractivity contribution is 0.388. The van der Waals surface area contributed by atoms with Crippen LogP contribution in [0.2, 0.25) is 0 Å². The van der Waals surface area contributed by atoms with Crippen LogP contribution in [-0.2, 0) is 10.0 Å². The van der Waals surface area contributed by atoms with Gasteiger partial charge in [-0.2, -0.15) is 0 Å². The molecule has 0 aromatic heterocycles. The zero-order valence-electron chi connectivity index (χ0n) is 10.9. The van der Waals surface area contributed by atoms with Crippen molar-refractivity contribution in [1.82, 2.24) is 4.72 Å². The monoisotopic (exact) mass is 288 g/mol. The molecule has 106 valence electrons. The minimum Gasteiger partial charge on any atom is -0.492 e. The van der Waals surface area contributed by atoms with Gasteiger partial charge >= 0.3 is 0 Å². The lowest BCUT2D eigenvalue weighted by Gasteiger charge is -2.12. The van der Waals surface area contributed by atoms with Crippen LogP contribution < -0.4 is 15.2 Å². The molecule has 0 amide bonds. The second-order valence-corrected chi connectivity index (χ2v) is 6.93. The molecule has 0 heterocycles. The molecule has 0 bridgehead atoms. The summed E-state index contributed by atoms with van der Waals surface area (Å²) < 4.78 is 44.9. The highest BCUT2D eigenvalue weighted by Gasteiger charge is 2.38. The largest absolute Gasteiger partial charge is 0.492 e. The van der Waals surface area contributed by atoms with Crippen molar-refractivity contribution >= 4 is 15.7 Å². The lowest BCUT2D eigenvalue weighted by Crippen LogP contribution is -2.29. The van der Waals surface area contributed by atoms with Crippen LogP contribution in [0.5, 0.6) is 5.75 Å². The Hall–Kier alpha value is -1.34. The maximum Gasteiger partial charge on any atom is 0.240 e. The number of nitrogens with two attached hydrogens (primary N) is 1. The summed E-state index contributed by atoms with van der Waals surface area (Å²) >= 11 is 0. The first kappa shape index (κ1) is 14.1. The molecule has 1 fully saturated rings. The molecular weight excluding hydrogens is 271 g/mol. The number of hydrogen-bond donors (Lipinski definition) is 2. The number of halogens is 1. The van der Waals surface area contributed by atoms with Crippen LogP contribution in [0.4, 0.5) is 10.1 Å². The highest BCUT2D eigenvalue weighted by Crippen LogP contribution is 2.44. The van der Waals surface area contributed by atoms with Crippen LogP contribution in [0.15, 0.2) is 17.0 Å². The van der Waals surface area contributed by atoms with E-state index in [1.807, 2.05) is 6.92 Å². The van der Waals surface area contributed by atoms with Gasteiger partial charge in [-0.25, -0.2) is 17.5 Å². The van der Waals surface area contributed by atoms with E-state index >= 15 is 0 Å². The number of sulfonamides is 1. The van der Waals surface area contributed by atoms with Gasteiger partial charge in [0.2, 0.25) is 10.0 Å². The van der Waals surface area contributed by atoms with Crippen LogP contribution in [0.25, 0.3) is 0 Å². The zero-order valence-corrected chi connectivity index (χ0v) is 11.7. The Bertz CT molecular complexity index is 574. The molecule has 1 aromatic carbocycles. The van der Waals surface area contributed by atoms with Gasteiger partial charge in [0, 0.05) is 6.54 Å². The Labute approximate surface area is 112 Å². The molecule has 5 nitrogen and oxygen atoms in total. The first-order valence-electron chi connectivity index (χ1n) is 5.90. The summed E-state index contributed by atoms with van der Waals surface area (Å²) in [6.07, 6.45) is 1.99. The average molecular weight is 288 g/mol. The Balaban J connectivity index is 2.25. The highest BCUT2D eigenvalue weighted by molar-refractivity contribution is 7.89. The van der Waals surface area contributed by atoms with Crippen molar-refractivity contribution in [2.75, 3.05) is 19.4 Å². The SMILES string of the molecule is COc1c(N)cc(S(=O)(=O)NCC2(C)CC2)cc1F. The average Bonchev–Trinajstić information content (AvgIpc) is 3.05. The predicted octanol–water partition coefficient (Wildman–Crippen LogP) is 1.49. The first-order valence-corrected chi connectivity index (χ1v) is 7.38. The number of anilines is 1. The summed E-state index contributed by atoms with van der Waals surface area (Å²) in [5.41, 5.74) is 5.56. The van der Waals surface area contributed by atoms with Gasteiger partial charge in [-0.3, -0.25) is 0 Å². The molecule has 1 aliphatic rings. The van der Waals surface area contributed by atoms with Gasteiger partial charge in [0.25, 0.3) is 0 Å². The molecular formula is C12H17FN2O3S. The van der Waals surface area contributed by atoms with E-state index in [-0.39, 0.29) is 21.7 Å². The number of methoxy groups -OCH3 is 1. The van der Waals surface area contributed by atoms with Gasteiger partial charge in [0.05, 0.1) is 17.7 Å². The fourth-order valence-electron chi connectivity index (χ4n) is 1.70. The van der Waals surface area contributed by atoms with E-state index in [1.165, 1.54) is 13.2 Å². The summed E-state index contributed by atoms with van der Waals surface area (Å²) in [7, 11) is -2.48. The molecule has 0 aliphatic heterocycles. The van der Waals surface area contributed by atoms with Crippen LogP contribution in [-0.4, -0.2) is 22.1 Å². The van der Waals surface area contributed by atoms with Gasteiger partial charge in [0.15, 0.2) is 11.6 Å². The van der Waals surface area contributed by atoms with Gasteiger partial charge in [-0.15, -0.1) is 0 Å². The van der Waals surface area contributed by atoms with Crippen LogP contribution in [0, 0.1) is 11.2 Å². The summed E-state index contributed by atoms with van der Waals surface area (Å²) in [4.78, 5) is -0.187. The molecule has 0 atom stereocenters. The first-order chi connectivity index (χ1) is 8.77. The van der Waals surface area contributed by atoms with Crippen molar-refractivity contribution in [2.45, 2.75) is 24.7 Å². The van der Waals surface area contributed by atoms with Crippen molar-refractivity contribution in [3.05, 3.63) is 17.9 Å². The van der Waals surface area contributed by atoms with Crippen molar-refractivity contribution in [2.24, 2.45) is 5.41 Å². The summed E-state index contributed by atoms with van der Waals surface area (Å²) in [5, 5.41) is 0. The zero-order chi connectivity index (χ0) is 14.3. The topological polar surface area (TPSA) is 81.4 Å². The van der Waals surface area contributed by atoms with Crippen molar-refractivity contribution in [1.29, 1.82) is 0 Å². The number of hydrogen-bond acceptors (Lipinski definition) is 4. The molecule has 0 saturated heterocycles. The van der Waals surface area contributed by atoms with Crippen LogP contribution in [0.3, 0.4) is 0 Å². The Morgan fingerprint density at radius 3 is 2.58 bits per heavy atom. The molecule has 3 N–H and O–H groups in total. The Morgan fingerprint density at radius 2 is 2.11 bits per heavy atom. The number of nitrogen functional groups attached to an aromatic ring is 1. The lowest BCUT2D eigenvalue weighted by atomic mass is 10.2. The minimum absolute atomic E-state index is 0.0314. The van der Waals surface area contributed by atoms with Crippen LogP contribution >= 0.6 is 0 Å². The molecule has 0 radical (unpaired) electrons. The summed E-state index contributed by atoms with van der Waals surface area (Å²) in [6.45, 7) is 2.35. The van der Waals surface area contributed by atoms with Crippen molar-refractivity contribution in [3.63, 3.8) is 0 Å². The molecule has 1 aliphatic carbocycles. The number of nitrogens with one attached hydrogen (secondary N) is 1. The summed E-state index contributed by atoms with van der Waals surface area (Å²) in [6, 6.07) is 2.10. The Morgan fingerprint density at radius 1 is 1.47 bits per heavy atom. The van der Waals surface area contributed by atoms with Gasteiger partial charge < -0.3 is 10.5 Å². The number of benzene rings is 1. The molecule has 7 heteroatoms. The van der Waals surface area contributed by atoms with E-state index < -0.39 is 15.8 Å². The molecule has 2 rings (SSSR count). The highest BCUT2D eigenvalue weighted by atomic mass is 32.2. The van der Waals surface area contributed by atoms with Gasteiger partial charge in [0.1, 0.15) is 0 Å². The van der Waals surface area contributed by atoms with E-state index in [9.17, 15) is 12.8 Å². The summed E-state index contributed by atoms with van der Waals surface area (Å²) in [5.74, 6) is -0.936. The molecule has 19 heavy (non-hydrogen) atoms. The van der Waals surface area contributed by atoms with E-state index in [1.54, 1.807) is 0 Å². The fourth-order valence-corrected chi connectivity index (χ4v) is 2.95. The Kier molecular flexibility index (Phi) is 3.44. The second kappa shape index (κ2) is 4.64. The van der Waals surface area contributed by atoms with E-state index in [2.05, 4.69) is 4.72 Å². The van der Waals surface area contributed by atoms with Gasteiger partial charge in [-0.05, 0) is 30.4 Å². The molecule has 1 saturated carbocycles. The third-order valence-electron chi connectivity index (χ3n) is 3.35. The number of rotatable bonds is 5. The van der Waals surface area contributed by atoms with E-state index in [0.29, 0.717) is 6.54 Å². The minimum atomic E-state index is -3.75. The van der Waals surface area contributed by atoms with E-state index in [4.69, 9.17) is 10.5 Å². The second-order valence-electron chi connectivity index (χ2n) is 5.16. The van der Waals surface area contributed by atoms with E-state index in [0.717, 1.165) is 18.9 Å². The number of ether oxygens (including phenoxy) is 1. The third-order valence-corrected chi connectivity index (χ3v) is 4.73. The van der Waals surface area contributed by atoms with Crippen molar-refractivity contribution in [3.8, 4) is 5.75 Å².